The van der Waals surface area contributed by atoms with Gasteiger partial charge >= 0.3 is 0 Å². The zero-order valence-electron chi connectivity index (χ0n) is 14.1. The van der Waals surface area contributed by atoms with Crippen molar-refractivity contribution in [2.75, 3.05) is 6.61 Å². The fourth-order valence-electron chi connectivity index (χ4n) is 3.43. The maximum atomic E-state index is 12.4. The van der Waals surface area contributed by atoms with Crippen LogP contribution >= 0.6 is 0 Å². The number of carbonyl (C=O) groups is 1. The molecular weight excluding hydrogens is 260 g/mol. The lowest BCUT2D eigenvalue weighted by atomic mass is 9.76. The fraction of sp³-hybridized carbons (Fsp3) is 0.632. The molecule has 2 heteroatoms. The molecule has 1 saturated carbocycles. The maximum absolute atomic E-state index is 12.4. The van der Waals surface area contributed by atoms with Crippen molar-refractivity contribution < 1.29 is 9.53 Å². The number of hydrogen-bond acceptors (Lipinski definition) is 2. The SMILES string of the molecule is Cc1cc(C)c(C(=O)COC2CCC(C)(C)CC2)c(C)c1. The predicted octanol–water partition coefficient (Wildman–Crippen LogP) is 4.78. The molecule has 2 rings (SSSR count). The molecule has 0 unspecified atom stereocenters. The number of benzene rings is 1. The van der Waals surface area contributed by atoms with Crippen molar-refractivity contribution in [3.63, 3.8) is 0 Å². The van der Waals surface area contributed by atoms with E-state index < -0.39 is 0 Å². The average molecular weight is 288 g/mol. The minimum atomic E-state index is 0.120. The molecule has 1 aliphatic carbocycles. The summed E-state index contributed by atoms with van der Waals surface area (Å²) in [5, 5.41) is 0. The molecule has 0 radical (unpaired) electrons. The predicted molar refractivity (Wildman–Crippen MR) is 87.0 cm³/mol. The van der Waals surface area contributed by atoms with Crippen molar-refractivity contribution in [3.8, 4) is 0 Å². The van der Waals surface area contributed by atoms with Gasteiger partial charge in [-0.1, -0.05) is 31.5 Å². The highest BCUT2D eigenvalue weighted by molar-refractivity contribution is 5.99. The summed E-state index contributed by atoms with van der Waals surface area (Å²) in [5.41, 5.74) is 4.61. The number of ketones is 1. The third kappa shape index (κ3) is 4.16. The Morgan fingerprint density at radius 2 is 1.67 bits per heavy atom. The first-order valence-electron chi connectivity index (χ1n) is 8.01. The Balaban J connectivity index is 1.94. The van der Waals surface area contributed by atoms with Crippen LogP contribution in [0.2, 0.25) is 0 Å². The normalized spacial score (nSPS) is 18.7. The molecule has 1 fully saturated rings. The van der Waals surface area contributed by atoms with Gasteiger partial charge in [0.15, 0.2) is 5.78 Å². The molecule has 0 saturated heterocycles. The number of aryl methyl sites for hydroxylation is 3. The monoisotopic (exact) mass is 288 g/mol. The van der Waals surface area contributed by atoms with Crippen LogP contribution in [-0.4, -0.2) is 18.5 Å². The molecule has 0 heterocycles. The third-order valence-electron chi connectivity index (χ3n) is 4.69. The van der Waals surface area contributed by atoms with Crippen LogP contribution in [0.15, 0.2) is 12.1 Å². The summed E-state index contributed by atoms with van der Waals surface area (Å²) in [6.07, 6.45) is 4.79. The molecule has 2 nitrogen and oxygen atoms in total. The van der Waals surface area contributed by atoms with E-state index in [1.165, 1.54) is 18.4 Å². The largest absolute Gasteiger partial charge is 0.370 e. The van der Waals surface area contributed by atoms with Gasteiger partial charge in [-0.3, -0.25) is 4.79 Å². The lowest BCUT2D eigenvalue weighted by Crippen LogP contribution is -2.28. The molecule has 0 atom stereocenters. The van der Waals surface area contributed by atoms with Crippen LogP contribution in [0.1, 0.15) is 66.6 Å². The number of ether oxygens (including phenoxy) is 1. The summed E-state index contributed by atoms with van der Waals surface area (Å²) in [6.45, 7) is 10.9. The summed E-state index contributed by atoms with van der Waals surface area (Å²) >= 11 is 0. The van der Waals surface area contributed by atoms with Crippen molar-refractivity contribution in [1.29, 1.82) is 0 Å². The van der Waals surface area contributed by atoms with Crippen LogP contribution in [0.4, 0.5) is 0 Å². The Bertz CT molecular complexity index is 495. The smallest absolute Gasteiger partial charge is 0.189 e. The van der Waals surface area contributed by atoms with E-state index in [-0.39, 0.29) is 18.5 Å². The highest BCUT2D eigenvalue weighted by atomic mass is 16.5. The Morgan fingerprint density at radius 1 is 1.14 bits per heavy atom. The van der Waals surface area contributed by atoms with Crippen molar-refractivity contribution >= 4 is 5.78 Å². The molecule has 0 aromatic heterocycles. The third-order valence-corrected chi connectivity index (χ3v) is 4.69. The van der Waals surface area contributed by atoms with Gasteiger partial charge in [0.05, 0.1) is 6.10 Å². The second kappa shape index (κ2) is 6.31. The first-order valence-corrected chi connectivity index (χ1v) is 8.01. The molecule has 0 amide bonds. The molecule has 0 spiro atoms. The van der Waals surface area contributed by atoms with E-state index in [9.17, 15) is 4.79 Å². The van der Waals surface area contributed by atoms with Gasteiger partial charge in [0.25, 0.3) is 0 Å². The second-order valence-electron chi connectivity index (χ2n) is 7.37. The van der Waals surface area contributed by atoms with Crippen molar-refractivity contribution in [3.05, 3.63) is 34.4 Å². The van der Waals surface area contributed by atoms with Crippen LogP contribution in [0, 0.1) is 26.2 Å². The Labute approximate surface area is 128 Å². The van der Waals surface area contributed by atoms with E-state index in [0.29, 0.717) is 5.41 Å². The summed E-state index contributed by atoms with van der Waals surface area (Å²) in [7, 11) is 0. The van der Waals surface area contributed by atoms with Gasteiger partial charge in [-0.2, -0.15) is 0 Å². The highest BCUT2D eigenvalue weighted by Gasteiger charge is 2.27. The van der Waals surface area contributed by atoms with Gasteiger partial charge in [0.2, 0.25) is 0 Å². The summed E-state index contributed by atoms with van der Waals surface area (Å²) in [4.78, 5) is 12.4. The Hall–Kier alpha value is -1.15. The Kier molecular flexibility index (Phi) is 4.88. The van der Waals surface area contributed by atoms with Gasteiger partial charge in [0.1, 0.15) is 6.61 Å². The topological polar surface area (TPSA) is 26.3 Å². The van der Waals surface area contributed by atoms with Crippen molar-refractivity contribution in [1.82, 2.24) is 0 Å². The van der Waals surface area contributed by atoms with Crippen LogP contribution < -0.4 is 0 Å². The molecule has 116 valence electrons. The van der Waals surface area contributed by atoms with Crippen LogP contribution in [0.3, 0.4) is 0 Å². The van der Waals surface area contributed by atoms with E-state index in [2.05, 4.69) is 32.9 Å². The number of Topliss-reactive ketones (excluding diaryl/α,β-unsaturated/α-hetero) is 1. The van der Waals surface area contributed by atoms with Gasteiger partial charge in [0, 0.05) is 5.56 Å². The molecule has 1 aromatic rings. The molecule has 1 aliphatic rings. The van der Waals surface area contributed by atoms with E-state index in [4.69, 9.17) is 4.74 Å². The first kappa shape index (κ1) is 16.2. The molecule has 0 N–H and O–H groups in total. The zero-order chi connectivity index (χ0) is 15.6. The van der Waals surface area contributed by atoms with Gasteiger partial charge in [-0.05, 0) is 63.0 Å². The van der Waals surface area contributed by atoms with Gasteiger partial charge in [-0.15, -0.1) is 0 Å². The standard InChI is InChI=1S/C19H28O2/c1-13-10-14(2)18(15(3)11-13)17(20)12-21-16-6-8-19(4,5)9-7-16/h10-11,16H,6-9,12H2,1-5H3. The summed E-state index contributed by atoms with van der Waals surface area (Å²) in [6, 6.07) is 4.15. The van der Waals surface area contributed by atoms with E-state index in [1.807, 2.05) is 13.8 Å². The van der Waals surface area contributed by atoms with E-state index in [1.54, 1.807) is 0 Å². The van der Waals surface area contributed by atoms with Gasteiger partial charge < -0.3 is 4.74 Å². The van der Waals surface area contributed by atoms with Crippen molar-refractivity contribution in [2.45, 2.75) is 66.4 Å². The van der Waals surface area contributed by atoms with E-state index >= 15 is 0 Å². The number of rotatable bonds is 4. The highest BCUT2D eigenvalue weighted by Crippen LogP contribution is 2.36. The van der Waals surface area contributed by atoms with Gasteiger partial charge in [-0.25, -0.2) is 0 Å². The Morgan fingerprint density at radius 3 is 2.19 bits per heavy atom. The number of carbonyl (C=O) groups excluding carboxylic acids is 1. The molecule has 0 aliphatic heterocycles. The van der Waals surface area contributed by atoms with Crippen LogP contribution in [0.25, 0.3) is 0 Å². The molecule has 1 aromatic carbocycles. The van der Waals surface area contributed by atoms with Crippen LogP contribution in [-0.2, 0) is 4.74 Å². The first-order chi connectivity index (χ1) is 9.78. The minimum absolute atomic E-state index is 0.120. The summed E-state index contributed by atoms with van der Waals surface area (Å²) < 4.78 is 5.88. The quantitative estimate of drug-likeness (QED) is 0.745. The minimum Gasteiger partial charge on any atom is -0.370 e. The molecule has 0 bridgehead atoms. The number of hydrogen-bond donors (Lipinski definition) is 0. The van der Waals surface area contributed by atoms with Crippen LogP contribution in [0.5, 0.6) is 0 Å². The average Bonchev–Trinajstić information content (AvgIpc) is 2.36. The maximum Gasteiger partial charge on any atom is 0.189 e. The molecule has 21 heavy (non-hydrogen) atoms. The fourth-order valence-corrected chi connectivity index (χ4v) is 3.43. The summed E-state index contributed by atoms with van der Waals surface area (Å²) in [5.74, 6) is 0.120. The lowest BCUT2D eigenvalue weighted by Gasteiger charge is -2.34. The lowest BCUT2D eigenvalue weighted by molar-refractivity contribution is 0.00857. The zero-order valence-corrected chi connectivity index (χ0v) is 14.1. The molecular formula is C19H28O2. The van der Waals surface area contributed by atoms with Crippen molar-refractivity contribution in [2.24, 2.45) is 5.41 Å². The van der Waals surface area contributed by atoms with E-state index in [0.717, 1.165) is 29.5 Å². The second-order valence-corrected chi connectivity index (χ2v) is 7.37.